The van der Waals surface area contributed by atoms with Crippen LogP contribution in [0.2, 0.25) is 0 Å². The molecule has 5 bridgehead atoms. The number of allylic oxidation sites excluding steroid dienone is 1. The monoisotopic (exact) mass is 685 g/mol. The van der Waals surface area contributed by atoms with E-state index in [1.54, 1.807) is 11.0 Å². The van der Waals surface area contributed by atoms with Gasteiger partial charge in [0.25, 0.3) is 0 Å². The third kappa shape index (κ3) is 6.23. The molecule has 0 saturated carbocycles. The molecule has 2 saturated heterocycles. The van der Waals surface area contributed by atoms with Crippen molar-refractivity contribution in [2.24, 2.45) is 17.8 Å². The van der Waals surface area contributed by atoms with Gasteiger partial charge in [0.1, 0.15) is 29.8 Å². The van der Waals surface area contributed by atoms with Crippen LogP contribution >= 0.6 is 15.9 Å². The molecule has 2 N–H and O–H groups in total. The van der Waals surface area contributed by atoms with Crippen LogP contribution in [-0.2, 0) is 28.7 Å². The predicted octanol–water partition coefficient (Wildman–Crippen LogP) is 3.65. The molecule has 45 heavy (non-hydrogen) atoms. The first-order valence-corrected chi connectivity index (χ1v) is 16.9. The Hall–Kier alpha value is -3.02. The number of aliphatic hydroxyl groups excluding tert-OH is 1. The van der Waals surface area contributed by atoms with Crippen molar-refractivity contribution >= 4 is 39.6 Å². The molecule has 4 aliphatic rings. The molecule has 1 aromatic rings. The van der Waals surface area contributed by atoms with Crippen LogP contribution in [0.1, 0.15) is 64.5 Å². The Morgan fingerprint density at radius 1 is 1.11 bits per heavy atom. The maximum absolute atomic E-state index is 14.7. The fraction of sp³-hybridized carbons (Fsp3) is 0.588. The molecule has 0 aliphatic carbocycles. The molecule has 0 unspecified atom stereocenters. The molecule has 11 heteroatoms. The third-order valence-electron chi connectivity index (χ3n) is 9.75. The second-order valence-electron chi connectivity index (χ2n) is 12.5. The van der Waals surface area contributed by atoms with Crippen LogP contribution in [0.5, 0.6) is 0 Å². The molecule has 10 nitrogen and oxygen atoms in total. The number of nitrogens with zero attached hydrogens (tertiary/aromatic N) is 2. The average molecular weight is 687 g/mol. The molecule has 4 aliphatic heterocycles. The molecule has 244 valence electrons. The lowest BCUT2D eigenvalue weighted by Gasteiger charge is -2.40. The number of unbranched alkanes of at least 4 members (excludes halogenated alkanes) is 1. The van der Waals surface area contributed by atoms with E-state index < -0.39 is 53.6 Å². The normalized spacial score (nSPS) is 32.6. The van der Waals surface area contributed by atoms with E-state index in [0.29, 0.717) is 36.0 Å². The summed E-state index contributed by atoms with van der Waals surface area (Å²) in [5.74, 6) is -3.68. The molecule has 2 fully saturated rings. The number of carbonyl (C=O) groups excluding carboxylic acids is 4. The van der Waals surface area contributed by atoms with Crippen molar-refractivity contribution in [1.29, 1.82) is 0 Å². The average Bonchev–Trinajstić information content (AvgIpc) is 3.63. The summed E-state index contributed by atoms with van der Waals surface area (Å²) in [6.07, 6.45) is 6.96. The number of likely N-dealkylation sites (tertiary alicyclic amines) is 1. The number of carbonyl (C=O) groups is 4. The summed E-state index contributed by atoms with van der Waals surface area (Å²) >= 11 is 3.59. The Morgan fingerprint density at radius 3 is 2.56 bits per heavy atom. The van der Waals surface area contributed by atoms with Gasteiger partial charge in [0.15, 0.2) is 0 Å². The van der Waals surface area contributed by atoms with Gasteiger partial charge in [0, 0.05) is 24.0 Å². The number of fused-ring (bicyclic) bond motifs is 2. The first-order valence-electron chi connectivity index (χ1n) is 16.1. The van der Waals surface area contributed by atoms with E-state index in [9.17, 15) is 24.3 Å². The lowest BCUT2D eigenvalue weighted by Crippen LogP contribution is -2.59. The summed E-state index contributed by atoms with van der Waals surface area (Å²) < 4.78 is 13.3. The van der Waals surface area contributed by atoms with Gasteiger partial charge in [0.2, 0.25) is 17.7 Å². The van der Waals surface area contributed by atoms with E-state index in [4.69, 9.17) is 9.47 Å². The van der Waals surface area contributed by atoms with E-state index in [1.165, 1.54) is 4.90 Å². The third-order valence-corrected chi connectivity index (χ3v) is 10.4. The highest BCUT2D eigenvalue weighted by molar-refractivity contribution is 9.11. The zero-order chi connectivity index (χ0) is 32.3. The van der Waals surface area contributed by atoms with Gasteiger partial charge in [-0.1, -0.05) is 92.0 Å². The summed E-state index contributed by atoms with van der Waals surface area (Å²) in [5.41, 5.74) is -0.714. The van der Waals surface area contributed by atoms with Crippen LogP contribution in [0.3, 0.4) is 0 Å². The molecule has 0 radical (unpaired) electrons. The fourth-order valence-corrected chi connectivity index (χ4v) is 7.87. The number of halogens is 1. The van der Waals surface area contributed by atoms with Crippen molar-refractivity contribution < 1.29 is 33.8 Å². The molecule has 4 heterocycles. The van der Waals surface area contributed by atoms with Gasteiger partial charge < -0.3 is 29.7 Å². The number of cyclic esters (lactones) is 1. The van der Waals surface area contributed by atoms with Gasteiger partial charge in [-0.05, 0) is 30.4 Å². The number of nitrogens with one attached hydrogen (secondary N) is 1. The van der Waals surface area contributed by atoms with Gasteiger partial charge >= 0.3 is 5.97 Å². The molecule has 5 rings (SSSR count). The molecule has 3 amide bonds. The van der Waals surface area contributed by atoms with E-state index in [2.05, 4.69) is 21.2 Å². The maximum Gasteiger partial charge on any atom is 0.313 e. The van der Waals surface area contributed by atoms with Crippen LogP contribution in [0.25, 0.3) is 0 Å². The summed E-state index contributed by atoms with van der Waals surface area (Å²) in [7, 11) is 0. The minimum absolute atomic E-state index is 0.0654. The first kappa shape index (κ1) is 33.3. The number of benzene rings is 1. The summed E-state index contributed by atoms with van der Waals surface area (Å²) in [6.45, 7) is 6.47. The smallest absolute Gasteiger partial charge is 0.313 e. The molecule has 1 aromatic carbocycles. The Kier molecular flexibility index (Phi) is 10.5. The van der Waals surface area contributed by atoms with Crippen LogP contribution in [0, 0.1) is 17.8 Å². The zero-order valence-corrected chi connectivity index (χ0v) is 27.8. The fourth-order valence-electron chi connectivity index (χ4n) is 7.13. The van der Waals surface area contributed by atoms with Gasteiger partial charge in [-0.15, -0.1) is 0 Å². The molecular formula is C34H44BrN3O7. The van der Waals surface area contributed by atoms with E-state index >= 15 is 0 Å². The Balaban J connectivity index is 1.62. The quantitative estimate of drug-likeness (QED) is 0.316. The number of amides is 3. The Morgan fingerprint density at radius 2 is 1.87 bits per heavy atom. The molecule has 0 aromatic heterocycles. The van der Waals surface area contributed by atoms with Crippen LogP contribution in [-0.4, -0.2) is 88.6 Å². The van der Waals surface area contributed by atoms with Crippen molar-refractivity contribution in [1.82, 2.24) is 15.1 Å². The summed E-state index contributed by atoms with van der Waals surface area (Å²) in [5, 5.41) is 13.5. The number of hydrogen-bond acceptors (Lipinski definition) is 7. The maximum atomic E-state index is 14.7. The largest absolute Gasteiger partial charge is 0.455 e. The minimum atomic E-state index is -1.42. The van der Waals surface area contributed by atoms with Crippen LogP contribution in [0.15, 0.2) is 53.0 Å². The van der Waals surface area contributed by atoms with Gasteiger partial charge in [0.05, 0.1) is 25.1 Å². The number of hydrogen-bond donors (Lipinski definition) is 2. The highest BCUT2D eigenvalue weighted by Gasteiger charge is 2.75. The first-order chi connectivity index (χ1) is 21.7. The molecule has 1 spiro atoms. The van der Waals surface area contributed by atoms with Crippen LogP contribution in [0.4, 0.5) is 0 Å². The van der Waals surface area contributed by atoms with Crippen molar-refractivity contribution in [2.45, 2.75) is 82.8 Å². The van der Waals surface area contributed by atoms with Crippen molar-refractivity contribution in [3.63, 3.8) is 0 Å². The Labute approximate surface area is 273 Å². The van der Waals surface area contributed by atoms with Gasteiger partial charge in [-0.25, -0.2) is 0 Å². The minimum Gasteiger partial charge on any atom is -0.455 e. The number of aliphatic hydroxyl groups is 1. The topological polar surface area (TPSA) is 125 Å². The van der Waals surface area contributed by atoms with Gasteiger partial charge in [-0.2, -0.15) is 0 Å². The van der Waals surface area contributed by atoms with E-state index in [1.807, 2.05) is 63.3 Å². The molecule has 8 atom stereocenters. The second-order valence-corrected chi connectivity index (χ2v) is 13.4. The van der Waals surface area contributed by atoms with Crippen LogP contribution < -0.4 is 5.32 Å². The SMILES string of the molecule is CCCCN1C/C=C\CCC(=O)NC[C@@H](c2ccccc2)OC(=O)[C@@H]2[C@H]3O[C@@]4(C=C3Br)[C@H](C1=O)N([C@@H](CO)[C@@H](C)CC)C(=O)[C@@H]24. The highest BCUT2D eigenvalue weighted by atomic mass is 79.9. The number of rotatable bonds is 8. The summed E-state index contributed by atoms with van der Waals surface area (Å²) in [6, 6.07) is 7.43. The number of ether oxygens (including phenoxy) is 2. The summed E-state index contributed by atoms with van der Waals surface area (Å²) in [4.78, 5) is 59.4. The lowest BCUT2D eigenvalue weighted by atomic mass is 9.74. The van der Waals surface area contributed by atoms with Gasteiger partial charge in [-0.3, -0.25) is 19.2 Å². The standard InChI is InChI=1S/C34H44BrN3O7/c1-4-6-16-37-17-12-8-11-15-26(40)36-19-25(22-13-9-7-10-14-22)44-33(43)27-28-31(41)38(24(20-39)21(3)5-2)30(32(37)42)34(28)18-23(35)29(27)45-34/h7-10,12-14,18,21,24-25,27-30,39H,4-6,11,15-17,19-20H2,1-3H3,(H,36,40)/b12-8-/t21-,24-,25-,27-,28+,29-,30-,34+/m0/s1. The van der Waals surface area contributed by atoms with Crippen molar-refractivity contribution in [2.75, 3.05) is 26.2 Å². The molecular weight excluding hydrogens is 642 g/mol. The highest BCUT2D eigenvalue weighted by Crippen LogP contribution is 2.59. The number of esters is 1. The second kappa shape index (κ2) is 14.2. The Bertz CT molecular complexity index is 1340. The zero-order valence-electron chi connectivity index (χ0n) is 26.2. The van der Waals surface area contributed by atoms with E-state index in [0.717, 1.165) is 12.8 Å². The van der Waals surface area contributed by atoms with E-state index in [-0.39, 0.29) is 37.3 Å². The van der Waals surface area contributed by atoms with Crippen molar-refractivity contribution in [3.8, 4) is 0 Å². The van der Waals surface area contributed by atoms with Crippen molar-refractivity contribution in [3.05, 3.63) is 58.6 Å². The predicted molar refractivity (Wildman–Crippen MR) is 171 cm³/mol. The lowest BCUT2D eigenvalue weighted by molar-refractivity contribution is -0.161.